The number of halogens is 1. The number of ether oxygens (including phenoxy) is 2. The monoisotopic (exact) mass is 228 g/mol. The van der Waals surface area contributed by atoms with Crippen LogP contribution < -0.4 is 9.47 Å². The Labute approximate surface area is 96.2 Å². The van der Waals surface area contributed by atoms with Crippen LogP contribution in [0.3, 0.4) is 0 Å². The van der Waals surface area contributed by atoms with Crippen LogP contribution in [0, 0.1) is 6.92 Å². The highest BCUT2D eigenvalue weighted by molar-refractivity contribution is 6.17. The molecular weight excluding hydrogens is 212 g/mol. The summed E-state index contributed by atoms with van der Waals surface area (Å²) in [5, 5.41) is 0. The average Bonchev–Trinajstić information content (AvgIpc) is 2.27. The van der Waals surface area contributed by atoms with Gasteiger partial charge in [0.25, 0.3) is 0 Å². The largest absolute Gasteiger partial charge is 0.493 e. The summed E-state index contributed by atoms with van der Waals surface area (Å²) in [4.78, 5) is 0. The standard InChI is InChI=1S/C12H17ClO2/c1-9-6-7-11(14-2)12(15-3)10(9)5-4-8-13/h6-7H,4-5,8H2,1-3H3. The zero-order valence-corrected chi connectivity index (χ0v) is 10.2. The van der Waals surface area contributed by atoms with E-state index in [9.17, 15) is 0 Å². The Kier molecular flexibility index (Phi) is 4.76. The van der Waals surface area contributed by atoms with Crippen LogP contribution >= 0.6 is 11.6 Å². The number of benzene rings is 1. The van der Waals surface area contributed by atoms with Gasteiger partial charge in [-0.15, -0.1) is 11.6 Å². The van der Waals surface area contributed by atoms with Gasteiger partial charge >= 0.3 is 0 Å². The lowest BCUT2D eigenvalue weighted by molar-refractivity contribution is 0.351. The normalized spacial score (nSPS) is 10.1. The van der Waals surface area contributed by atoms with E-state index >= 15 is 0 Å². The van der Waals surface area contributed by atoms with E-state index < -0.39 is 0 Å². The summed E-state index contributed by atoms with van der Waals surface area (Å²) in [7, 11) is 3.32. The lowest BCUT2D eigenvalue weighted by Gasteiger charge is -2.14. The molecule has 0 spiro atoms. The Morgan fingerprint density at radius 3 is 2.47 bits per heavy atom. The fourth-order valence-corrected chi connectivity index (χ4v) is 1.78. The molecule has 0 aromatic heterocycles. The van der Waals surface area contributed by atoms with Crippen molar-refractivity contribution < 1.29 is 9.47 Å². The van der Waals surface area contributed by atoms with Crippen LogP contribution in [0.2, 0.25) is 0 Å². The van der Waals surface area contributed by atoms with Crippen molar-refractivity contribution >= 4 is 11.6 Å². The summed E-state index contributed by atoms with van der Waals surface area (Å²) in [6, 6.07) is 3.98. The van der Waals surface area contributed by atoms with Gasteiger partial charge < -0.3 is 9.47 Å². The molecule has 15 heavy (non-hydrogen) atoms. The minimum atomic E-state index is 0.666. The van der Waals surface area contributed by atoms with E-state index in [0.29, 0.717) is 5.88 Å². The first-order chi connectivity index (χ1) is 7.24. The SMILES string of the molecule is COc1ccc(C)c(CCCCl)c1OC. The molecule has 0 atom stereocenters. The third-order valence-electron chi connectivity index (χ3n) is 2.44. The molecule has 1 aromatic carbocycles. The van der Waals surface area contributed by atoms with Gasteiger partial charge in [-0.05, 0) is 31.4 Å². The van der Waals surface area contributed by atoms with E-state index in [0.717, 1.165) is 24.3 Å². The quantitative estimate of drug-likeness (QED) is 0.721. The van der Waals surface area contributed by atoms with Gasteiger partial charge in [-0.1, -0.05) is 6.07 Å². The summed E-state index contributed by atoms with van der Waals surface area (Å²) < 4.78 is 10.6. The first kappa shape index (κ1) is 12.2. The number of alkyl halides is 1. The molecule has 1 rings (SSSR count). The minimum Gasteiger partial charge on any atom is -0.493 e. The van der Waals surface area contributed by atoms with Crippen LogP contribution in [0.4, 0.5) is 0 Å². The highest BCUT2D eigenvalue weighted by Gasteiger charge is 2.11. The number of methoxy groups -OCH3 is 2. The Balaban J connectivity index is 3.07. The van der Waals surface area contributed by atoms with E-state index in [4.69, 9.17) is 21.1 Å². The smallest absolute Gasteiger partial charge is 0.164 e. The van der Waals surface area contributed by atoms with E-state index in [1.165, 1.54) is 11.1 Å². The fraction of sp³-hybridized carbons (Fsp3) is 0.500. The molecule has 0 N–H and O–H groups in total. The summed E-state index contributed by atoms with van der Waals surface area (Å²) in [6.07, 6.45) is 1.88. The van der Waals surface area contributed by atoms with Crippen molar-refractivity contribution in [1.29, 1.82) is 0 Å². The molecule has 0 bridgehead atoms. The highest BCUT2D eigenvalue weighted by Crippen LogP contribution is 2.33. The van der Waals surface area contributed by atoms with Gasteiger partial charge in [0.15, 0.2) is 11.5 Å². The highest BCUT2D eigenvalue weighted by atomic mass is 35.5. The number of rotatable bonds is 5. The molecule has 0 fully saturated rings. The Bertz CT molecular complexity index is 324. The topological polar surface area (TPSA) is 18.5 Å². The number of hydrogen-bond acceptors (Lipinski definition) is 2. The van der Waals surface area contributed by atoms with Gasteiger partial charge in [-0.3, -0.25) is 0 Å². The molecule has 3 heteroatoms. The first-order valence-corrected chi connectivity index (χ1v) is 5.54. The van der Waals surface area contributed by atoms with Gasteiger partial charge in [-0.2, -0.15) is 0 Å². The Hall–Kier alpha value is -0.890. The Morgan fingerprint density at radius 2 is 1.93 bits per heavy atom. The van der Waals surface area contributed by atoms with Crippen molar-refractivity contribution in [2.24, 2.45) is 0 Å². The lowest BCUT2D eigenvalue weighted by atomic mass is 10.0. The van der Waals surface area contributed by atoms with Gasteiger partial charge in [-0.25, -0.2) is 0 Å². The molecule has 0 saturated carbocycles. The maximum absolute atomic E-state index is 5.70. The van der Waals surface area contributed by atoms with E-state index in [2.05, 4.69) is 6.92 Å². The van der Waals surface area contributed by atoms with Gasteiger partial charge in [0.2, 0.25) is 0 Å². The predicted octanol–water partition coefficient (Wildman–Crippen LogP) is 3.18. The summed E-state index contributed by atoms with van der Waals surface area (Å²) in [5.41, 5.74) is 2.41. The van der Waals surface area contributed by atoms with Crippen molar-refractivity contribution in [2.75, 3.05) is 20.1 Å². The summed E-state index contributed by atoms with van der Waals surface area (Å²) in [6.45, 7) is 2.07. The molecule has 0 amide bonds. The molecule has 0 aliphatic rings. The van der Waals surface area contributed by atoms with Crippen molar-refractivity contribution in [3.8, 4) is 11.5 Å². The summed E-state index contributed by atoms with van der Waals surface area (Å²) >= 11 is 5.70. The lowest BCUT2D eigenvalue weighted by Crippen LogP contribution is -1.99. The van der Waals surface area contributed by atoms with Gasteiger partial charge in [0.1, 0.15) is 0 Å². The minimum absolute atomic E-state index is 0.666. The molecule has 0 radical (unpaired) electrons. The van der Waals surface area contributed by atoms with Crippen LogP contribution in [-0.4, -0.2) is 20.1 Å². The molecule has 0 unspecified atom stereocenters. The molecule has 0 aliphatic carbocycles. The summed E-state index contributed by atoms with van der Waals surface area (Å²) in [5.74, 6) is 2.29. The van der Waals surface area contributed by atoms with Crippen LogP contribution in [0.1, 0.15) is 17.5 Å². The van der Waals surface area contributed by atoms with Crippen molar-refractivity contribution in [2.45, 2.75) is 19.8 Å². The Morgan fingerprint density at radius 1 is 1.20 bits per heavy atom. The molecule has 0 heterocycles. The number of aryl methyl sites for hydroxylation is 1. The van der Waals surface area contributed by atoms with Gasteiger partial charge in [0.05, 0.1) is 14.2 Å². The molecule has 0 aliphatic heterocycles. The van der Waals surface area contributed by atoms with Crippen molar-refractivity contribution in [3.63, 3.8) is 0 Å². The third kappa shape index (κ3) is 2.78. The zero-order valence-electron chi connectivity index (χ0n) is 9.47. The van der Waals surface area contributed by atoms with Crippen molar-refractivity contribution in [1.82, 2.24) is 0 Å². The molecular formula is C12H17ClO2. The number of hydrogen-bond donors (Lipinski definition) is 0. The fourth-order valence-electron chi connectivity index (χ4n) is 1.64. The van der Waals surface area contributed by atoms with E-state index in [-0.39, 0.29) is 0 Å². The maximum Gasteiger partial charge on any atom is 0.164 e. The zero-order chi connectivity index (χ0) is 11.3. The molecule has 0 saturated heterocycles. The van der Waals surface area contributed by atoms with Crippen LogP contribution in [0.5, 0.6) is 11.5 Å². The average molecular weight is 229 g/mol. The van der Waals surface area contributed by atoms with Crippen LogP contribution in [0.15, 0.2) is 12.1 Å². The van der Waals surface area contributed by atoms with E-state index in [1.807, 2.05) is 12.1 Å². The second kappa shape index (κ2) is 5.86. The molecule has 2 nitrogen and oxygen atoms in total. The predicted molar refractivity (Wildman–Crippen MR) is 63.3 cm³/mol. The van der Waals surface area contributed by atoms with E-state index in [1.54, 1.807) is 14.2 Å². The third-order valence-corrected chi connectivity index (χ3v) is 2.71. The molecule has 84 valence electrons. The van der Waals surface area contributed by atoms with Gasteiger partial charge in [0, 0.05) is 11.4 Å². The van der Waals surface area contributed by atoms with Crippen LogP contribution in [-0.2, 0) is 6.42 Å². The first-order valence-electron chi connectivity index (χ1n) is 5.01. The molecule has 1 aromatic rings. The maximum atomic E-state index is 5.70. The second-order valence-electron chi connectivity index (χ2n) is 3.39. The van der Waals surface area contributed by atoms with Crippen molar-refractivity contribution in [3.05, 3.63) is 23.3 Å². The second-order valence-corrected chi connectivity index (χ2v) is 3.77. The van der Waals surface area contributed by atoms with Crippen LogP contribution in [0.25, 0.3) is 0 Å².